The van der Waals surface area contributed by atoms with Gasteiger partial charge in [-0.3, -0.25) is 9.59 Å². The Hall–Kier alpha value is -2.82. The molecule has 0 saturated carbocycles. The number of carbonyl (C=O) groups is 2. The molecule has 2 aromatic carbocycles. The van der Waals surface area contributed by atoms with E-state index >= 15 is 0 Å². The van der Waals surface area contributed by atoms with Crippen molar-refractivity contribution < 1.29 is 14.3 Å². The lowest BCUT2D eigenvalue weighted by Gasteiger charge is -2.08. The van der Waals surface area contributed by atoms with Crippen molar-refractivity contribution in [3.05, 3.63) is 59.7 Å². The minimum absolute atomic E-state index is 0.153. The van der Waals surface area contributed by atoms with Crippen molar-refractivity contribution in [1.29, 1.82) is 0 Å². The molecule has 0 spiro atoms. The number of hydrogen-bond donors (Lipinski definition) is 2. The summed E-state index contributed by atoms with van der Waals surface area (Å²) in [6.45, 7) is 2.28. The molecular formula is C17H18N2O3. The number of rotatable bonds is 6. The smallest absolute Gasteiger partial charge is 0.248 e. The predicted molar refractivity (Wildman–Crippen MR) is 84.9 cm³/mol. The van der Waals surface area contributed by atoms with Crippen LogP contribution < -0.4 is 15.8 Å². The summed E-state index contributed by atoms with van der Waals surface area (Å²) < 4.78 is 5.52. The monoisotopic (exact) mass is 298 g/mol. The number of hydrogen-bond acceptors (Lipinski definition) is 3. The zero-order chi connectivity index (χ0) is 15.9. The Kier molecular flexibility index (Phi) is 5.14. The van der Waals surface area contributed by atoms with Crippen LogP contribution in [0, 0.1) is 6.92 Å². The molecule has 22 heavy (non-hydrogen) atoms. The van der Waals surface area contributed by atoms with Gasteiger partial charge in [-0.2, -0.15) is 0 Å². The minimum Gasteiger partial charge on any atom is -0.493 e. The topological polar surface area (TPSA) is 81.4 Å². The first-order chi connectivity index (χ1) is 10.5. The third-order valence-electron chi connectivity index (χ3n) is 3.04. The summed E-state index contributed by atoms with van der Waals surface area (Å²) >= 11 is 0. The highest BCUT2D eigenvalue weighted by Gasteiger charge is 2.05. The maximum absolute atomic E-state index is 11.8. The molecule has 3 N–H and O–H groups in total. The molecule has 2 rings (SSSR count). The van der Waals surface area contributed by atoms with Crippen LogP contribution in [-0.4, -0.2) is 18.4 Å². The van der Waals surface area contributed by atoms with E-state index in [4.69, 9.17) is 10.5 Å². The number of nitrogens with two attached hydrogens (primary N) is 1. The Morgan fingerprint density at radius 1 is 1.14 bits per heavy atom. The van der Waals surface area contributed by atoms with E-state index in [0.717, 1.165) is 11.3 Å². The summed E-state index contributed by atoms with van der Waals surface area (Å²) in [4.78, 5) is 22.8. The first kappa shape index (κ1) is 15.6. The predicted octanol–water partition coefficient (Wildman–Crippen LogP) is 2.50. The molecule has 5 heteroatoms. The van der Waals surface area contributed by atoms with Gasteiger partial charge in [0.15, 0.2) is 0 Å². The average Bonchev–Trinajstić information content (AvgIpc) is 2.48. The number of amides is 2. The van der Waals surface area contributed by atoms with E-state index in [9.17, 15) is 9.59 Å². The first-order valence-corrected chi connectivity index (χ1v) is 6.94. The van der Waals surface area contributed by atoms with Crippen LogP contribution in [0.3, 0.4) is 0 Å². The van der Waals surface area contributed by atoms with Crippen LogP contribution in [0.15, 0.2) is 48.5 Å². The van der Waals surface area contributed by atoms with Crippen molar-refractivity contribution in [3.8, 4) is 5.75 Å². The van der Waals surface area contributed by atoms with Gasteiger partial charge < -0.3 is 15.8 Å². The van der Waals surface area contributed by atoms with Gasteiger partial charge in [0.1, 0.15) is 5.75 Å². The first-order valence-electron chi connectivity index (χ1n) is 6.94. The van der Waals surface area contributed by atoms with Crippen molar-refractivity contribution in [1.82, 2.24) is 0 Å². The highest BCUT2D eigenvalue weighted by molar-refractivity contribution is 5.94. The van der Waals surface area contributed by atoms with Crippen LogP contribution in [-0.2, 0) is 4.79 Å². The fourth-order valence-electron chi connectivity index (χ4n) is 1.91. The second-order valence-corrected chi connectivity index (χ2v) is 4.90. The summed E-state index contributed by atoms with van der Waals surface area (Å²) in [7, 11) is 0. The van der Waals surface area contributed by atoms with Gasteiger partial charge >= 0.3 is 0 Å². The fraction of sp³-hybridized carbons (Fsp3) is 0.176. The molecule has 0 atom stereocenters. The molecule has 2 aromatic rings. The number of benzene rings is 2. The molecular weight excluding hydrogens is 280 g/mol. The third kappa shape index (κ3) is 4.63. The maximum Gasteiger partial charge on any atom is 0.248 e. The summed E-state index contributed by atoms with van der Waals surface area (Å²) in [5.41, 5.74) is 7.28. The molecule has 0 bridgehead atoms. The molecule has 0 unspecified atom stereocenters. The molecule has 0 aliphatic rings. The fourth-order valence-corrected chi connectivity index (χ4v) is 1.91. The third-order valence-corrected chi connectivity index (χ3v) is 3.04. The van der Waals surface area contributed by atoms with E-state index < -0.39 is 5.91 Å². The summed E-state index contributed by atoms with van der Waals surface area (Å²) in [6, 6.07) is 14.1. The molecule has 0 radical (unpaired) electrons. The van der Waals surface area contributed by atoms with Crippen LogP contribution in [0.25, 0.3) is 0 Å². The number of primary amides is 1. The lowest BCUT2D eigenvalue weighted by molar-refractivity contribution is -0.116. The highest BCUT2D eigenvalue weighted by atomic mass is 16.5. The van der Waals surface area contributed by atoms with Gasteiger partial charge in [-0.05, 0) is 48.9 Å². The molecule has 0 aromatic heterocycles. The Labute approximate surface area is 129 Å². The molecule has 0 fully saturated rings. The van der Waals surface area contributed by atoms with Crippen molar-refractivity contribution in [3.63, 3.8) is 0 Å². The van der Waals surface area contributed by atoms with Gasteiger partial charge in [0.25, 0.3) is 0 Å². The van der Waals surface area contributed by atoms with Crippen molar-refractivity contribution in [2.45, 2.75) is 13.3 Å². The van der Waals surface area contributed by atoms with Crippen LogP contribution in [0.1, 0.15) is 22.3 Å². The minimum atomic E-state index is -0.496. The Balaban J connectivity index is 1.79. The molecule has 0 heterocycles. The number of aryl methyl sites for hydroxylation is 1. The van der Waals surface area contributed by atoms with Crippen LogP contribution in [0.4, 0.5) is 5.69 Å². The Morgan fingerprint density at radius 3 is 2.50 bits per heavy atom. The van der Waals surface area contributed by atoms with Gasteiger partial charge in [-0.25, -0.2) is 0 Å². The van der Waals surface area contributed by atoms with Gasteiger partial charge in [-0.1, -0.05) is 12.1 Å². The lowest BCUT2D eigenvalue weighted by Crippen LogP contribution is -2.15. The van der Waals surface area contributed by atoms with Crippen LogP contribution >= 0.6 is 0 Å². The normalized spacial score (nSPS) is 10.0. The van der Waals surface area contributed by atoms with Crippen molar-refractivity contribution in [2.75, 3.05) is 11.9 Å². The quantitative estimate of drug-likeness (QED) is 0.859. The maximum atomic E-state index is 11.8. The zero-order valence-corrected chi connectivity index (χ0v) is 12.3. The molecule has 0 aliphatic heterocycles. The molecule has 114 valence electrons. The Morgan fingerprint density at radius 2 is 1.86 bits per heavy atom. The SMILES string of the molecule is Cc1cccc(OCCC(=O)Nc2ccc(C(N)=O)cc2)c1. The van der Waals surface area contributed by atoms with E-state index in [1.807, 2.05) is 31.2 Å². The summed E-state index contributed by atoms with van der Waals surface area (Å²) in [5, 5.41) is 2.73. The largest absolute Gasteiger partial charge is 0.493 e. The second kappa shape index (κ2) is 7.26. The Bertz CT molecular complexity index is 666. The van der Waals surface area contributed by atoms with Gasteiger partial charge in [0.05, 0.1) is 13.0 Å². The molecule has 5 nitrogen and oxygen atoms in total. The van der Waals surface area contributed by atoms with E-state index in [0.29, 0.717) is 17.9 Å². The van der Waals surface area contributed by atoms with Crippen molar-refractivity contribution in [2.24, 2.45) is 5.73 Å². The van der Waals surface area contributed by atoms with E-state index in [-0.39, 0.29) is 12.3 Å². The van der Waals surface area contributed by atoms with Gasteiger partial charge in [-0.15, -0.1) is 0 Å². The number of anilines is 1. The summed E-state index contributed by atoms with van der Waals surface area (Å²) in [5.74, 6) is 0.0996. The van der Waals surface area contributed by atoms with Gasteiger partial charge in [0, 0.05) is 11.3 Å². The standard InChI is InChI=1S/C17H18N2O3/c1-12-3-2-4-15(11-12)22-10-9-16(20)19-14-7-5-13(6-8-14)17(18)21/h2-8,11H,9-10H2,1H3,(H2,18,21)(H,19,20). The number of carbonyl (C=O) groups excluding carboxylic acids is 2. The van der Waals surface area contributed by atoms with E-state index in [1.165, 1.54) is 0 Å². The molecule has 2 amide bonds. The van der Waals surface area contributed by atoms with Crippen LogP contribution in [0.2, 0.25) is 0 Å². The van der Waals surface area contributed by atoms with E-state index in [2.05, 4.69) is 5.32 Å². The summed E-state index contributed by atoms with van der Waals surface area (Å²) in [6.07, 6.45) is 0.242. The lowest BCUT2D eigenvalue weighted by atomic mass is 10.2. The van der Waals surface area contributed by atoms with Gasteiger partial charge in [0.2, 0.25) is 11.8 Å². The molecule has 0 saturated heterocycles. The number of ether oxygens (including phenoxy) is 1. The average molecular weight is 298 g/mol. The number of nitrogens with one attached hydrogen (secondary N) is 1. The highest BCUT2D eigenvalue weighted by Crippen LogP contribution is 2.13. The molecule has 0 aliphatic carbocycles. The zero-order valence-electron chi connectivity index (χ0n) is 12.3. The van der Waals surface area contributed by atoms with Crippen LogP contribution in [0.5, 0.6) is 5.75 Å². The second-order valence-electron chi connectivity index (χ2n) is 4.90. The van der Waals surface area contributed by atoms with E-state index in [1.54, 1.807) is 24.3 Å². The van der Waals surface area contributed by atoms with Crippen molar-refractivity contribution >= 4 is 17.5 Å².